The number of aryl methyl sites for hydroxylation is 1. The normalized spacial score (nSPS) is 14.0. The zero-order chi connectivity index (χ0) is 28.8. The summed E-state index contributed by atoms with van der Waals surface area (Å²) < 4.78 is 14.0. The molecule has 0 aliphatic heterocycles. The minimum Gasteiger partial charge on any atom is -0.449 e. The quantitative estimate of drug-likeness (QED) is 0.217. The van der Waals surface area contributed by atoms with Gasteiger partial charge < -0.3 is 39.5 Å². The van der Waals surface area contributed by atoms with E-state index in [2.05, 4.69) is 9.47 Å². The topological polar surface area (TPSA) is 180 Å². The lowest BCUT2D eigenvalue weighted by atomic mass is 9.86. The summed E-state index contributed by atoms with van der Waals surface area (Å²) in [7, 11) is 0. The van der Waals surface area contributed by atoms with Crippen molar-refractivity contribution < 1.29 is 53.8 Å². The summed E-state index contributed by atoms with van der Waals surface area (Å²) >= 11 is 0. The van der Waals surface area contributed by atoms with Gasteiger partial charge in [-0.2, -0.15) is 0 Å². The van der Waals surface area contributed by atoms with Crippen molar-refractivity contribution in [2.45, 2.75) is 38.5 Å². The number of benzene rings is 3. The Hall–Kier alpha value is -5.10. The van der Waals surface area contributed by atoms with Crippen LogP contribution in [-0.2, 0) is 19.6 Å². The van der Waals surface area contributed by atoms with E-state index in [0.717, 1.165) is 36.1 Å². The fourth-order valence-electron chi connectivity index (χ4n) is 4.79. The van der Waals surface area contributed by atoms with Crippen molar-refractivity contribution in [3.63, 3.8) is 0 Å². The fraction of sp³-hybridized carbons (Fsp3) is 0.214. The van der Waals surface area contributed by atoms with Crippen LogP contribution in [0.5, 0.6) is 17.2 Å². The molecule has 3 aromatic carbocycles. The highest BCUT2D eigenvalue weighted by atomic mass is 16.7. The Morgan fingerprint density at radius 3 is 2.08 bits per heavy atom. The van der Waals surface area contributed by atoms with E-state index in [1.54, 1.807) is 24.3 Å². The molecule has 0 radical (unpaired) electrons. The Balaban J connectivity index is 1.87. The zero-order valence-electron chi connectivity index (χ0n) is 21.0. The molecule has 0 heterocycles. The molecule has 1 aliphatic carbocycles. The number of amides is 1. The van der Waals surface area contributed by atoms with Gasteiger partial charge in [-0.15, -0.1) is 0 Å². The third-order valence-corrected chi connectivity index (χ3v) is 6.37. The number of hydrogen-bond donors (Lipinski definition) is 4. The molecule has 0 saturated carbocycles. The number of carbonyl (C=O) groups is 4. The first-order valence-corrected chi connectivity index (χ1v) is 12.1. The number of fused-ring (bicyclic) bond motifs is 1. The third-order valence-electron chi connectivity index (χ3n) is 6.37. The molecule has 1 aliphatic rings. The van der Waals surface area contributed by atoms with E-state index in [1.807, 2.05) is 24.3 Å². The molecule has 3 aromatic rings. The first-order valence-electron chi connectivity index (χ1n) is 12.1. The molecular weight excluding hydrogens is 526 g/mol. The second-order valence-electron chi connectivity index (χ2n) is 8.92. The van der Waals surface area contributed by atoms with Crippen molar-refractivity contribution in [3.05, 3.63) is 88.5 Å². The van der Waals surface area contributed by atoms with Crippen LogP contribution in [0.4, 0.5) is 14.4 Å². The predicted octanol–water partition coefficient (Wildman–Crippen LogP) is 5.07. The lowest BCUT2D eigenvalue weighted by molar-refractivity contribution is 0.0633. The maximum absolute atomic E-state index is 14.2. The molecule has 0 spiro atoms. The van der Waals surface area contributed by atoms with Crippen molar-refractivity contribution in [2.24, 2.45) is 0 Å². The smallest absolute Gasteiger partial charge is 0.449 e. The van der Waals surface area contributed by atoms with E-state index in [-0.39, 0.29) is 13.2 Å². The second kappa shape index (κ2) is 12.2. The van der Waals surface area contributed by atoms with E-state index in [1.165, 1.54) is 4.90 Å². The van der Waals surface area contributed by atoms with Gasteiger partial charge in [0.2, 0.25) is 0 Å². The molecule has 0 aromatic heterocycles. The van der Waals surface area contributed by atoms with Crippen molar-refractivity contribution in [1.29, 1.82) is 0 Å². The van der Waals surface area contributed by atoms with Crippen molar-refractivity contribution in [3.8, 4) is 17.2 Å². The number of hydrogen-bond acceptors (Lipinski definition) is 8. The zero-order valence-corrected chi connectivity index (χ0v) is 21.0. The first kappa shape index (κ1) is 27.9. The molecule has 1 amide bonds. The standard InChI is InChI=1S/C28H25NO11/c30-15-17-6-3-5-16(11-17)14-29(21-10-4-8-18-7-1-2-9-19(18)21)25(31)20-12-23(39-27(34)35)24(40-28(36)37)13-22(20)38-26(32)33/h1-3,5-7,9,11-13,21,30H,4,8,10,14-15H2,(H,32,33)(H,34,35)(H,36,37)/t21-/m0/s1. The molecule has 4 rings (SSSR count). The highest BCUT2D eigenvalue weighted by molar-refractivity contribution is 5.99. The number of rotatable bonds is 8. The minimum atomic E-state index is -1.83. The number of aliphatic hydroxyl groups is 1. The Bertz CT molecular complexity index is 1450. The van der Waals surface area contributed by atoms with Gasteiger partial charge in [-0.3, -0.25) is 4.79 Å². The Morgan fingerprint density at radius 1 is 0.775 bits per heavy atom. The van der Waals surface area contributed by atoms with Gasteiger partial charge in [0.05, 0.1) is 18.2 Å². The number of ether oxygens (including phenoxy) is 3. The van der Waals surface area contributed by atoms with Gasteiger partial charge in [-0.1, -0.05) is 48.5 Å². The van der Waals surface area contributed by atoms with Crippen LogP contribution in [0.25, 0.3) is 0 Å². The van der Waals surface area contributed by atoms with E-state index < -0.39 is 53.2 Å². The number of nitrogens with zero attached hydrogens (tertiary/aromatic N) is 1. The van der Waals surface area contributed by atoms with E-state index in [9.17, 15) is 29.4 Å². The highest BCUT2D eigenvalue weighted by Gasteiger charge is 2.33. The average molecular weight is 552 g/mol. The lowest BCUT2D eigenvalue weighted by Crippen LogP contribution is -2.36. The monoisotopic (exact) mass is 551 g/mol. The van der Waals surface area contributed by atoms with Crippen LogP contribution in [0.2, 0.25) is 0 Å². The van der Waals surface area contributed by atoms with Crippen LogP contribution in [-0.4, -0.2) is 49.7 Å². The number of carboxylic acid groups (broad SMARTS) is 3. The maximum Gasteiger partial charge on any atom is 0.511 e. The highest BCUT2D eigenvalue weighted by Crippen LogP contribution is 2.40. The summed E-state index contributed by atoms with van der Waals surface area (Å²) in [6.45, 7) is -0.174. The van der Waals surface area contributed by atoms with Crippen LogP contribution in [0.15, 0.2) is 60.7 Å². The van der Waals surface area contributed by atoms with Gasteiger partial charge in [0.1, 0.15) is 0 Å². The molecule has 0 saturated heterocycles. The SMILES string of the molecule is O=C(O)Oc1cc(OC(=O)O)c(C(=O)N(Cc2cccc(CO)c2)[C@H]2CCCc3ccccc32)cc1OC(=O)O. The molecule has 12 nitrogen and oxygen atoms in total. The fourth-order valence-corrected chi connectivity index (χ4v) is 4.79. The third kappa shape index (κ3) is 6.48. The van der Waals surface area contributed by atoms with Gasteiger partial charge in [-0.25, -0.2) is 14.4 Å². The second-order valence-corrected chi connectivity index (χ2v) is 8.92. The molecule has 1 atom stereocenters. The van der Waals surface area contributed by atoms with Gasteiger partial charge in [0.15, 0.2) is 17.2 Å². The van der Waals surface area contributed by atoms with E-state index >= 15 is 0 Å². The Morgan fingerprint density at radius 2 is 1.40 bits per heavy atom. The average Bonchev–Trinajstić information content (AvgIpc) is 2.91. The summed E-state index contributed by atoms with van der Waals surface area (Å²) in [6, 6.07) is 15.8. The van der Waals surface area contributed by atoms with Crippen LogP contribution < -0.4 is 14.2 Å². The number of aliphatic hydroxyl groups excluding tert-OH is 1. The van der Waals surface area contributed by atoms with Crippen LogP contribution in [0.3, 0.4) is 0 Å². The Kier molecular flexibility index (Phi) is 8.50. The van der Waals surface area contributed by atoms with Gasteiger partial charge in [0.25, 0.3) is 5.91 Å². The van der Waals surface area contributed by atoms with Crippen molar-refractivity contribution in [1.82, 2.24) is 4.90 Å². The largest absolute Gasteiger partial charge is 0.511 e. The molecule has 0 bridgehead atoms. The van der Waals surface area contributed by atoms with Crippen LogP contribution in [0, 0.1) is 0 Å². The van der Waals surface area contributed by atoms with Gasteiger partial charge in [0, 0.05) is 18.7 Å². The summed E-state index contributed by atoms with van der Waals surface area (Å²) in [5.74, 6) is -2.65. The number of carbonyl (C=O) groups excluding carboxylic acids is 1. The van der Waals surface area contributed by atoms with Crippen molar-refractivity contribution in [2.75, 3.05) is 0 Å². The molecule has 40 heavy (non-hydrogen) atoms. The van der Waals surface area contributed by atoms with Crippen molar-refractivity contribution >= 4 is 24.4 Å². The summed E-state index contributed by atoms with van der Waals surface area (Å²) in [6.07, 6.45) is -3.30. The Labute approximate surface area is 227 Å². The molecule has 208 valence electrons. The minimum absolute atomic E-state index is 0.0423. The first-order chi connectivity index (χ1) is 19.2. The summed E-state index contributed by atoms with van der Waals surface area (Å²) in [5, 5.41) is 37.2. The van der Waals surface area contributed by atoms with Gasteiger partial charge >= 0.3 is 18.5 Å². The van der Waals surface area contributed by atoms with Gasteiger partial charge in [-0.05, 0) is 41.5 Å². The molecule has 4 N–H and O–H groups in total. The summed E-state index contributed by atoms with van der Waals surface area (Å²) in [4.78, 5) is 49.7. The molecular formula is C28H25NO11. The van der Waals surface area contributed by atoms with E-state index in [0.29, 0.717) is 17.5 Å². The lowest BCUT2D eigenvalue weighted by Gasteiger charge is -2.36. The van der Waals surface area contributed by atoms with Crippen LogP contribution in [0.1, 0.15) is 51.5 Å². The maximum atomic E-state index is 14.2. The molecule has 12 heteroatoms. The predicted molar refractivity (Wildman–Crippen MR) is 137 cm³/mol. The van der Waals surface area contributed by atoms with Crippen LogP contribution >= 0.6 is 0 Å². The molecule has 0 unspecified atom stereocenters. The summed E-state index contributed by atoms with van der Waals surface area (Å²) in [5.41, 5.74) is 2.85. The molecule has 0 fully saturated rings. The van der Waals surface area contributed by atoms with E-state index in [4.69, 9.17) is 14.9 Å².